The number of carbonyl (C=O) groups excluding carboxylic acids is 3. The average Bonchev–Trinajstić information content (AvgIpc) is 3.21. The van der Waals surface area contributed by atoms with Crippen molar-refractivity contribution in [2.24, 2.45) is 0 Å². The standard InChI is InChI=1S/C16H15N5O4S/c1-8(2)25-16(24)18-14(23)10-5-6-26-15(10)17-13(22)9-3-4-11-12(7-9)20-21-19-11/h3-8H,1-2H3,(H,17,22)(H,18,23,24)(H,19,20,21). The van der Waals surface area contributed by atoms with Crippen molar-refractivity contribution in [3.05, 3.63) is 40.8 Å². The van der Waals surface area contributed by atoms with Gasteiger partial charge in [0.05, 0.1) is 11.7 Å². The van der Waals surface area contributed by atoms with Crippen LogP contribution in [0.15, 0.2) is 29.6 Å². The summed E-state index contributed by atoms with van der Waals surface area (Å²) < 4.78 is 4.87. The molecule has 0 aliphatic carbocycles. The number of nitrogens with one attached hydrogen (secondary N) is 3. The number of hydrogen-bond acceptors (Lipinski definition) is 7. The van der Waals surface area contributed by atoms with Gasteiger partial charge in [0.1, 0.15) is 16.0 Å². The number of nitrogens with zero attached hydrogens (tertiary/aromatic N) is 2. The summed E-state index contributed by atoms with van der Waals surface area (Å²) >= 11 is 1.17. The maximum absolute atomic E-state index is 12.4. The lowest BCUT2D eigenvalue weighted by atomic mass is 10.2. The van der Waals surface area contributed by atoms with E-state index in [1.54, 1.807) is 37.4 Å². The Labute approximate surface area is 151 Å². The largest absolute Gasteiger partial charge is 0.447 e. The average molecular weight is 373 g/mol. The highest BCUT2D eigenvalue weighted by atomic mass is 32.1. The van der Waals surface area contributed by atoms with Crippen LogP contribution in [0.25, 0.3) is 11.0 Å². The Morgan fingerprint density at radius 1 is 1.12 bits per heavy atom. The van der Waals surface area contributed by atoms with Gasteiger partial charge in [-0.25, -0.2) is 4.79 Å². The van der Waals surface area contributed by atoms with Crippen LogP contribution in [0.3, 0.4) is 0 Å². The number of imide groups is 1. The molecule has 0 saturated carbocycles. The number of aromatic amines is 1. The van der Waals surface area contributed by atoms with Gasteiger partial charge in [-0.2, -0.15) is 15.4 Å². The SMILES string of the molecule is CC(C)OC(=O)NC(=O)c1ccsc1NC(=O)c1ccc2n[nH]nc2c1. The molecule has 0 aliphatic heterocycles. The molecule has 0 fully saturated rings. The van der Waals surface area contributed by atoms with E-state index in [0.29, 0.717) is 21.6 Å². The Kier molecular flexibility index (Phi) is 4.94. The number of hydrogen-bond donors (Lipinski definition) is 3. The van der Waals surface area contributed by atoms with Crippen LogP contribution in [0.5, 0.6) is 0 Å². The van der Waals surface area contributed by atoms with Crippen molar-refractivity contribution in [3.63, 3.8) is 0 Å². The molecule has 3 N–H and O–H groups in total. The molecule has 0 unspecified atom stereocenters. The van der Waals surface area contributed by atoms with Crippen LogP contribution in [-0.4, -0.2) is 39.4 Å². The van der Waals surface area contributed by atoms with Crippen LogP contribution in [0, 0.1) is 0 Å². The van der Waals surface area contributed by atoms with E-state index in [-0.39, 0.29) is 11.7 Å². The zero-order chi connectivity index (χ0) is 18.7. The predicted molar refractivity (Wildman–Crippen MR) is 95.2 cm³/mol. The van der Waals surface area contributed by atoms with E-state index in [0.717, 1.165) is 0 Å². The topological polar surface area (TPSA) is 126 Å². The number of carbonyl (C=O) groups is 3. The van der Waals surface area contributed by atoms with Crippen LogP contribution >= 0.6 is 11.3 Å². The van der Waals surface area contributed by atoms with E-state index >= 15 is 0 Å². The van der Waals surface area contributed by atoms with Gasteiger partial charge < -0.3 is 10.1 Å². The summed E-state index contributed by atoms with van der Waals surface area (Å²) in [5.74, 6) is -1.06. The number of fused-ring (bicyclic) bond motifs is 1. The number of amides is 3. The Balaban J connectivity index is 1.72. The second-order valence-electron chi connectivity index (χ2n) is 5.55. The first-order valence-electron chi connectivity index (χ1n) is 7.65. The summed E-state index contributed by atoms with van der Waals surface area (Å²) in [6.07, 6.45) is -1.19. The lowest BCUT2D eigenvalue weighted by Gasteiger charge is -2.09. The van der Waals surface area contributed by atoms with E-state index < -0.39 is 17.9 Å². The van der Waals surface area contributed by atoms with Crippen molar-refractivity contribution in [1.82, 2.24) is 20.7 Å². The number of anilines is 1. The second-order valence-corrected chi connectivity index (χ2v) is 6.47. The van der Waals surface area contributed by atoms with Crippen molar-refractivity contribution in [2.75, 3.05) is 5.32 Å². The minimum Gasteiger partial charge on any atom is -0.447 e. The van der Waals surface area contributed by atoms with Crippen LogP contribution in [0.1, 0.15) is 34.6 Å². The highest BCUT2D eigenvalue weighted by Gasteiger charge is 2.19. The first-order valence-corrected chi connectivity index (χ1v) is 8.53. The number of H-pyrrole nitrogens is 1. The van der Waals surface area contributed by atoms with Crippen LogP contribution < -0.4 is 10.6 Å². The summed E-state index contributed by atoms with van der Waals surface area (Å²) in [7, 11) is 0. The molecule has 0 aliphatic rings. The molecule has 3 amide bonds. The van der Waals surface area contributed by atoms with Crippen molar-refractivity contribution in [3.8, 4) is 0 Å². The summed E-state index contributed by atoms with van der Waals surface area (Å²) in [6.45, 7) is 3.35. The number of rotatable bonds is 4. The maximum atomic E-state index is 12.4. The van der Waals surface area contributed by atoms with Gasteiger partial charge >= 0.3 is 6.09 Å². The monoisotopic (exact) mass is 373 g/mol. The highest BCUT2D eigenvalue weighted by molar-refractivity contribution is 7.14. The van der Waals surface area contributed by atoms with Gasteiger partial charge in [-0.1, -0.05) is 0 Å². The number of ether oxygens (including phenoxy) is 1. The first kappa shape index (κ1) is 17.5. The van der Waals surface area contributed by atoms with Gasteiger partial charge in [0.2, 0.25) is 0 Å². The van der Waals surface area contributed by atoms with E-state index in [4.69, 9.17) is 4.74 Å². The molecule has 10 heteroatoms. The summed E-state index contributed by atoms with van der Waals surface area (Å²) in [6, 6.07) is 6.37. The molecular weight excluding hydrogens is 358 g/mol. The van der Waals surface area contributed by atoms with Gasteiger partial charge in [-0.15, -0.1) is 11.3 Å². The third kappa shape index (κ3) is 3.86. The molecule has 3 rings (SSSR count). The van der Waals surface area contributed by atoms with Crippen LogP contribution in [-0.2, 0) is 4.74 Å². The predicted octanol–water partition coefficient (Wildman–Crippen LogP) is 2.55. The van der Waals surface area contributed by atoms with E-state index in [1.165, 1.54) is 17.4 Å². The number of thiophene rings is 1. The Morgan fingerprint density at radius 2 is 1.88 bits per heavy atom. The molecule has 3 aromatic rings. The number of benzene rings is 1. The van der Waals surface area contributed by atoms with Gasteiger partial charge in [0.15, 0.2) is 0 Å². The minimum absolute atomic E-state index is 0.173. The second kappa shape index (κ2) is 7.31. The fourth-order valence-electron chi connectivity index (χ4n) is 2.15. The summed E-state index contributed by atoms with van der Waals surface area (Å²) in [5.41, 5.74) is 1.73. The molecule has 134 valence electrons. The molecule has 26 heavy (non-hydrogen) atoms. The van der Waals surface area contributed by atoms with E-state index in [9.17, 15) is 14.4 Å². The van der Waals surface area contributed by atoms with Gasteiger partial charge in [0.25, 0.3) is 11.8 Å². The number of alkyl carbamates (subject to hydrolysis) is 1. The minimum atomic E-state index is -0.843. The van der Waals surface area contributed by atoms with E-state index in [1.807, 2.05) is 0 Å². The van der Waals surface area contributed by atoms with E-state index in [2.05, 4.69) is 26.0 Å². The van der Waals surface area contributed by atoms with Gasteiger partial charge in [0, 0.05) is 5.56 Å². The fraction of sp³-hybridized carbons (Fsp3) is 0.188. The van der Waals surface area contributed by atoms with Gasteiger partial charge in [-0.3, -0.25) is 14.9 Å². The highest BCUT2D eigenvalue weighted by Crippen LogP contribution is 2.24. The van der Waals surface area contributed by atoms with Gasteiger partial charge in [-0.05, 0) is 43.5 Å². The summed E-state index contributed by atoms with van der Waals surface area (Å²) in [4.78, 5) is 36.2. The van der Waals surface area contributed by atoms with Crippen molar-refractivity contribution < 1.29 is 19.1 Å². The lowest BCUT2D eigenvalue weighted by molar-refractivity contribution is 0.0877. The molecule has 2 aromatic heterocycles. The molecular formula is C16H15N5O4S. The molecule has 0 saturated heterocycles. The first-order chi connectivity index (χ1) is 12.4. The molecule has 2 heterocycles. The Bertz CT molecular complexity index is 978. The van der Waals surface area contributed by atoms with Crippen molar-refractivity contribution >= 4 is 45.3 Å². The molecule has 1 aromatic carbocycles. The smallest absolute Gasteiger partial charge is 0.414 e. The molecule has 0 bridgehead atoms. The van der Waals surface area contributed by atoms with Crippen LogP contribution in [0.2, 0.25) is 0 Å². The molecule has 0 atom stereocenters. The quantitative estimate of drug-likeness (QED) is 0.645. The normalized spacial score (nSPS) is 10.7. The lowest BCUT2D eigenvalue weighted by Crippen LogP contribution is -2.32. The maximum Gasteiger partial charge on any atom is 0.414 e. The Hall–Kier alpha value is -3.27. The third-order valence-electron chi connectivity index (χ3n) is 3.27. The van der Waals surface area contributed by atoms with Crippen LogP contribution in [0.4, 0.5) is 9.80 Å². The fourth-order valence-corrected chi connectivity index (χ4v) is 2.92. The van der Waals surface area contributed by atoms with Crippen molar-refractivity contribution in [2.45, 2.75) is 20.0 Å². The third-order valence-corrected chi connectivity index (χ3v) is 4.10. The summed E-state index contributed by atoms with van der Waals surface area (Å²) in [5, 5.41) is 17.1. The zero-order valence-corrected chi connectivity index (χ0v) is 14.7. The zero-order valence-electron chi connectivity index (χ0n) is 13.9. The number of aromatic nitrogens is 3. The Morgan fingerprint density at radius 3 is 2.65 bits per heavy atom. The molecule has 0 radical (unpaired) electrons. The van der Waals surface area contributed by atoms with Crippen molar-refractivity contribution in [1.29, 1.82) is 0 Å². The molecule has 0 spiro atoms. The molecule has 9 nitrogen and oxygen atoms in total.